The van der Waals surface area contributed by atoms with Crippen molar-refractivity contribution in [1.82, 2.24) is 0 Å². The quantitative estimate of drug-likeness (QED) is 0.403. The summed E-state index contributed by atoms with van der Waals surface area (Å²) in [5.41, 5.74) is 0. The topological polar surface area (TPSA) is 17.1 Å². The fraction of sp³-hybridized carbons (Fsp3) is 0. The number of carbonyl (C=O) groups excluding carboxylic acids is 1. The molecular formula is C19H16FeOP. The molecule has 0 unspecified atom stereocenters. The first kappa shape index (κ1) is 15.2. The first-order chi connectivity index (χ1) is 10.7. The molecule has 0 spiro atoms. The summed E-state index contributed by atoms with van der Waals surface area (Å²) in [4.78, 5) is 12.5. The normalized spacial score (nSPS) is 13.0. The van der Waals surface area contributed by atoms with E-state index in [1.165, 1.54) is 0 Å². The molecule has 0 aliphatic heterocycles. The van der Waals surface area contributed by atoms with Crippen molar-refractivity contribution in [3.8, 4) is 0 Å². The Morgan fingerprint density at radius 3 is 1.09 bits per heavy atom. The summed E-state index contributed by atoms with van der Waals surface area (Å²) >= 11 is 4.59. The average Bonchev–Trinajstić information content (AvgIpc) is 2.63. The summed E-state index contributed by atoms with van der Waals surface area (Å²) < 4.78 is 0. The van der Waals surface area contributed by atoms with Crippen LogP contribution >= 0.6 is 5.29 Å². The molecular weight excluding hydrogens is 331 g/mol. The van der Waals surface area contributed by atoms with Gasteiger partial charge in [-0.1, -0.05) is 0 Å². The zero-order valence-electron chi connectivity index (χ0n) is 11.9. The summed E-state index contributed by atoms with van der Waals surface area (Å²) in [7, 11) is 0. The molecule has 0 radical (unpaired) electrons. The number of rotatable bonds is 4. The summed E-state index contributed by atoms with van der Waals surface area (Å²) in [5, 5.41) is -0.370. The third-order valence-corrected chi connectivity index (χ3v) is 11.2. The molecule has 0 bridgehead atoms. The third kappa shape index (κ3) is 2.16. The Balaban J connectivity index is 2.44. The monoisotopic (exact) mass is 347 g/mol. The Kier molecular flexibility index (Phi) is 4.01. The molecule has 3 aromatic rings. The van der Waals surface area contributed by atoms with Gasteiger partial charge in [0.1, 0.15) is 0 Å². The van der Waals surface area contributed by atoms with E-state index in [4.69, 9.17) is 0 Å². The second-order valence-electron chi connectivity index (χ2n) is 5.16. The Morgan fingerprint density at radius 1 is 0.591 bits per heavy atom. The van der Waals surface area contributed by atoms with E-state index < -0.39 is 5.29 Å². The van der Waals surface area contributed by atoms with Gasteiger partial charge in [-0.2, -0.15) is 0 Å². The van der Waals surface area contributed by atoms with E-state index in [0.717, 1.165) is 21.9 Å². The maximum absolute atomic E-state index is 12.5. The van der Waals surface area contributed by atoms with E-state index in [0.29, 0.717) is 0 Å². The van der Waals surface area contributed by atoms with Gasteiger partial charge in [0.2, 0.25) is 0 Å². The number of hydrogen-bond acceptors (Lipinski definition) is 1. The Morgan fingerprint density at radius 2 is 0.864 bits per heavy atom. The predicted octanol–water partition coefficient (Wildman–Crippen LogP) is 3.17. The van der Waals surface area contributed by atoms with Gasteiger partial charge in [-0.25, -0.2) is 0 Å². The molecule has 0 aliphatic rings. The molecule has 22 heavy (non-hydrogen) atoms. The first-order valence-corrected chi connectivity index (χ1v) is 10.7. The van der Waals surface area contributed by atoms with Crippen molar-refractivity contribution in [3.63, 3.8) is 0 Å². The molecule has 3 heteroatoms. The van der Waals surface area contributed by atoms with Crippen LogP contribution in [0.5, 0.6) is 0 Å². The van der Waals surface area contributed by atoms with Crippen LogP contribution in [0.25, 0.3) is 0 Å². The average molecular weight is 347 g/mol. The molecule has 3 aromatic carbocycles. The zero-order valence-corrected chi connectivity index (χ0v) is 13.9. The van der Waals surface area contributed by atoms with Crippen LogP contribution in [0.4, 0.5) is 0 Å². The third-order valence-electron chi connectivity index (χ3n) is 3.96. The van der Waals surface area contributed by atoms with Crippen molar-refractivity contribution >= 4 is 27.2 Å². The number of carbonyl (C=O) groups is 1. The minimum absolute atomic E-state index is 0.987. The second kappa shape index (κ2) is 5.82. The van der Waals surface area contributed by atoms with Crippen LogP contribution in [0.2, 0.25) is 0 Å². The zero-order chi connectivity index (χ0) is 15.5. The molecule has 3 rings (SSSR count). The van der Waals surface area contributed by atoms with Gasteiger partial charge < -0.3 is 0 Å². The fourth-order valence-electron chi connectivity index (χ4n) is 2.78. The molecule has 0 aromatic heterocycles. The van der Waals surface area contributed by atoms with Crippen LogP contribution in [0.3, 0.4) is 0 Å². The van der Waals surface area contributed by atoms with Crippen molar-refractivity contribution < 1.29 is 20.4 Å². The van der Waals surface area contributed by atoms with Crippen LogP contribution in [0.1, 0.15) is 0 Å². The predicted molar refractivity (Wildman–Crippen MR) is 91.9 cm³/mol. The van der Waals surface area contributed by atoms with Crippen LogP contribution in [-0.4, -0.2) is 6.03 Å². The van der Waals surface area contributed by atoms with Crippen molar-refractivity contribution in [2.75, 3.05) is 0 Å². The van der Waals surface area contributed by atoms with Gasteiger partial charge in [0.25, 0.3) is 0 Å². The molecule has 0 saturated carbocycles. The van der Waals surface area contributed by atoms with Crippen LogP contribution < -0.4 is 15.9 Å². The van der Waals surface area contributed by atoms with E-state index in [1.54, 1.807) is 0 Å². The van der Waals surface area contributed by atoms with Gasteiger partial charge >= 0.3 is 139 Å². The number of hydrogen-bond donors (Lipinski definition) is 0. The SMILES string of the molecule is O=C[P]([Fe])(c1ccccc1)(c1ccccc1)c1ccccc1. The number of benzene rings is 3. The van der Waals surface area contributed by atoms with Gasteiger partial charge in [-0.15, -0.1) is 0 Å². The molecule has 1 nitrogen and oxygen atoms in total. The van der Waals surface area contributed by atoms with Gasteiger partial charge in [-0.05, 0) is 0 Å². The van der Waals surface area contributed by atoms with Gasteiger partial charge in [0.15, 0.2) is 0 Å². The summed E-state index contributed by atoms with van der Waals surface area (Å²) in [6.07, 6.45) is 0. The van der Waals surface area contributed by atoms with Gasteiger partial charge in [0.05, 0.1) is 0 Å². The molecule has 0 saturated heterocycles. The van der Waals surface area contributed by atoms with Crippen molar-refractivity contribution in [2.24, 2.45) is 0 Å². The van der Waals surface area contributed by atoms with Crippen LogP contribution in [-0.2, 0) is 20.4 Å². The van der Waals surface area contributed by atoms with E-state index in [2.05, 4.69) is 15.6 Å². The van der Waals surface area contributed by atoms with E-state index in [9.17, 15) is 4.79 Å². The fourth-order valence-corrected chi connectivity index (χ4v) is 7.76. The van der Waals surface area contributed by atoms with Crippen LogP contribution in [0.15, 0.2) is 91.0 Å². The van der Waals surface area contributed by atoms with Crippen molar-refractivity contribution in [2.45, 2.75) is 0 Å². The molecule has 0 atom stereocenters. The van der Waals surface area contributed by atoms with Crippen molar-refractivity contribution in [1.29, 1.82) is 0 Å². The first-order valence-electron chi connectivity index (χ1n) is 7.05. The Labute approximate surface area is 138 Å². The molecule has 0 N–H and O–H groups in total. The maximum atomic E-state index is 12.5. The van der Waals surface area contributed by atoms with Gasteiger partial charge in [0, 0.05) is 0 Å². The van der Waals surface area contributed by atoms with Gasteiger partial charge in [-0.3, -0.25) is 0 Å². The summed E-state index contributed by atoms with van der Waals surface area (Å²) in [6.45, 7) is 0. The molecule has 111 valence electrons. The minimum atomic E-state index is -3.33. The van der Waals surface area contributed by atoms with Crippen LogP contribution in [0, 0.1) is 0 Å². The van der Waals surface area contributed by atoms with E-state index >= 15 is 0 Å². The summed E-state index contributed by atoms with van der Waals surface area (Å²) in [6, 6.07) is 30.9. The van der Waals surface area contributed by atoms with Crippen molar-refractivity contribution in [3.05, 3.63) is 91.0 Å². The standard InChI is InChI=1S/C19H16OP.Fe/c20-16-21(17-10-4-1-5-11-17,18-12-6-2-7-13-18)19-14-8-3-9-15-19;/h1-16H;/q+1;-1. The molecule has 0 fully saturated rings. The van der Waals surface area contributed by atoms with E-state index in [1.807, 2.05) is 91.0 Å². The van der Waals surface area contributed by atoms with E-state index in [-0.39, 0.29) is 0 Å². The molecule has 0 heterocycles. The molecule has 0 amide bonds. The summed E-state index contributed by atoms with van der Waals surface area (Å²) in [5.74, 6) is 0. The second-order valence-corrected chi connectivity index (χ2v) is 12.1. The Hall–Kier alpha value is -1.72. The molecule has 0 aliphatic carbocycles. The Bertz CT molecular complexity index is 673.